The molecule has 1 aliphatic rings. The summed E-state index contributed by atoms with van der Waals surface area (Å²) in [5, 5.41) is 10.4. The molecule has 0 amide bonds. The highest BCUT2D eigenvalue weighted by Gasteiger charge is 2.35. The van der Waals surface area contributed by atoms with E-state index in [-0.39, 0.29) is 11.8 Å². The first-order valence-corrected chi connectivity index (χ1v) is 6.90. The van der Waals surface area contributed by atoms with Gasteiger partial charge in [0, 0.05) is 29.9 Å². The molecule has 0 spiro atoms. The Morgan fingerprint density at radius 2 is 2.10 bits per heavy atom. The van der Waals surface area contributed by atoms with Gasteiger partial charge < -0.3 is 10.0 Å². The molecule has 2 unspecified atom stereocenters. The first kappa shape index (κ1) is 12.9. The Balaban J connectivity index is 2.05. The van der Waals surface area contributed by atoms with E-state index >= 15 is 0 Å². The second-order valence-corrected chi connectivity index (χ2v) is 5.63. The molecule has 0 aliphatic carbocycles. The monoisotopic (exact) mass is 270 g/mol. The van der Waals surface area contributed by atoms with Crippen molar-refractivity contribution in [3.63, 3.8) is 0 Å². The summed E-state index contributed by atoms with van der Waals surface area (Å²) in [4.78, 5) is 18.0. The van der Waals surface area contributed by atoms with Gasteiger partial charge in [0.2, 0.25) is 0 Å². The Kier molecular flexibility index (Phi) is 3.08. The minimum Gasteiger partial charge on any atom is -0.481 e. The highest BCUT2D eigenvalue weighted by Crippen LogP contribution is 2.33. The van der Waals surface area contributed by atoms with Crippen LogP contribution < -0.4 is 4.90 Å². The quantitative estimate of drug-likeness (QED) is 0.911. The maximum absolute atomic E-state index is 11.3. The van der Waals surface area contributed by atoms with Crippen LogP contribution in [0, 0.1) is 18.8 Å². The minimum atomic E-state index is -0.699. The number of benzene rings is 1. The number of nitrogens with zero attached hydrogens (tertiary/aromatic N) is 2. The van der Waals surface area contributed by atoms with Crippen molar-refractivity contribution >= 4 is 22.6 Å². The van der Waals surface area contributed by atoms with E-state index in [9.17, 15) is 9.90 Å². The van der Waals surface area contributed by atoms with Crippen molar-refractivity contribution < 1.29 is 9.90 Å². The van der Waals surface area contributed by atoms with Crippen molar-refractivity contribution in [3.05, 3.63) is 36.0 Å². The van der Waals surface area contributed by atoms with Crippen LogP contribution in [-0.4, -0.2) is 29.1 Å². The molecular formula is C16H18N2O2. The van der Waals surface area contributed by atoms with Gasteiger partial charge in [-0.25, -0.2) is 0 Å². The standard InChI is InChI=1S/C16H18N2O2/c1-10-8-18(9-13(10)16(19)20)15-7-11(2)17-14-6-4-3-5-12(14)15/h3-7,10,13H,8-9H2,1-2H3,(H,19,20). The number of pyridine rings is 1. The third kappa shape index (κ3) is 2.11. The molecule has 20 heavy (non-hydrogen) atoms. The Bertz CT molecular complexity index is 669. The SMILES string of the molecule is Cc1cc(N2CC(C)C(C(=O)O)C2)c2ccccc2n1. The minimum absolute atomic E-state index is 0.166. The van der Waals surface area contributed by atoms with Crippen molar-refractivity contribution in [3.8, 4) is 0 Å². The number of hydrogen-bond donors (Lipinski definition) is 1. The molecule has 0 bridgehead atoms. The van der Waals surface area contributed by atoms with Gasteiger partial charge in [0.1, 0.15) is 0 Å². The zero-order valence-corrected chi connectivity index (χ0v) is 11.7. The molecule has 1 aliphatic heterocycles. The van der Waals surface area contributed by atoms with Gasteiger partial charge in [-0.05, 0) is 25.0 Å². The molecule has 2 heterocycles. The molecular weight excluding hydrogens is 252 g/mol. The number of anilines is 1. The van der Waals surface area contributed by atoms with E-state index in [1.54, 1.807) is 0 Å². The van der Waals surface area contributed by atoms with Crippen molar-refractivity contribution in [2.24, 2.45) is 11.8 Å². The lowest BCUT2D eigenvalue weighted by molar-refractivity contribution is -0.142. The average Bonchev–Trinajstić information content (AvgIpc) is 2.80. The van der Waals surface area contributed by atoms with Gasteiger partial charge in [0.15, 0.2) is 0 Å². The maximum Gasteiger partial charge on any atom is 0.308 e. The zero-order valence-electron chi connectivity index (χ0n) is 11.7. The number of hydrogen-bond acceptors (Lipinski definition) is 3. The molecule has 1 fully saturated rings. The topological polar surface area (TPSA) is 53.4 Å². The van der Waals surface area contributed by atoms with Crippen LogP contribution in [0.1, 0.15) is 12.6 Å². The van der Waals surface area contributed by atoms with Crippen LogP contribution >= 0.6 is 0 Å². The number of para-hydroxylation sites is 1. The Labute approximate surface area is 118 Å². The van der Waals surface area contributed by atoms with E-state index in [1.165, 1.54) is 0 Å². The predicted molar refractivity (Wildman–Crippen MR) is 79.0 cm³/mol. The average molecular weight is 270 g/mol. The number of fused-ring (bicyclic) bond motifs is 1. The van der Waals surface area contributed by atoms with E-state index in [1.807, 2.05) is 32.0 Å². The van der Waals surface area contributed by atoms with Crippen LogP contribution in [0.4, 0.5) is 5.69 Å². The van der Waals surface area contributed by atoms with Crippen molar-refractivity contribution in [1.29, 1.82) is 0 Å². The van der Waals surface area contributed by atoms with Gasteiger partial charge in [-0.2, -0.15) is 0 Å². The van der Waals surface area contributed by atoms with Gasteiger partial charge in [0.25, 0.3) is 0 Å². The lowest BCUT2D eigenvalue weighted by atomic mass is 9.99. The number of rotatable bonds is 2. The fraction of sp³-hybridized carbons (Fsp3) is 0.375. The summed E-state index contributed by atoms with van der Waals surface area (Å²) in [6, 6.07) is 10.1. The maximum atomic E-state index is 11.3. The van der Waals surface area contributed by atoms with Crippen molar-refractivity contribution in [1.82, 2.24) is 4.98 Å². The van der Waals surface area contributed by atoms with E-state index in [0.717, 1.165) is 28.8 Å². The highest BCUT2D eigenvalue weighted by molar-refractivity contribution is 5.92. The van der Waals surface area contributed by atoms with Gasteiger partial charge in [0.05, 0.1) is 11.4 Å². The van der Waals surface area contributed by atoms with Crippen LogP contribution in [0.15, 0.2) is 30.3 Å². The molecule has 0 saturated carbocycles. The van der Waals surface area contributed by atoms with E-state index in [2.05, 4.69) is 22.0 Å². The van der Waals surface area contributed by atoms with Gasteiger partial charge in [-0.15, -0.1) is 0 Å². The normalized spacial score (nSPS) is 22.4. The lowest BCUT2D eigenvalue weighted by Gasteiger charge is -2.20. The predicted octanol–water partition coefficient (Wildman–Crippen LogP) is 2.70. The van der Waals surface area contributed by atoms with E-state index in [4.69, 9.17) is 0 Å². The second-order valence-electron chi connectivity index (χ2n) is 5.63. The number of carbonyl (C=O) groups is 1. The number of aliphatic carboxylic acids is 1. The molecule has 2 aromatic rings. The summed E-state index contributed by atoms with van der Waals surface area (Å²) in [5.41, 5.74) is 3.03. The van der Waals surface area contributed by atoms with Crippen LogP contribution in [0.2, 0.25) is 0 Å². The number of carboxylic acid groups (broad SMARTS) is 1. The molecule has 0 radical (unpaired) electrons. The molecule has 1 aromatic heterocycles. The van der Waals surface area contributed by atoms with Crippen LogP contribution in [0.25, 0.3) is 10.9 Å². The summed E-state index contributed by atoms with van der Waals surface area (Å²) in [6.07, 6.45) is 0. The fourth-order valence-electron chi connectivity index (χ4n) is 3.03. The molecule has 3 rings (SSSR count). The largest absolute Gasteiger partial charge is 0.481 e. The summed E-state index contributed by atoms with van der Waals surface area (Å²) in [6.45, 7) is 5.34. The van der Waals surface area contributed by atoms with Crippen LogP contribution in [0.5, 0.6) is 0 Å². The summed E-state index contributed by atoms with van der Waals surface area (Å²) >= 11 is 0. The first-order chi connectivity index (χ1) is 9.56. The Hall–Kier alpha value is -2.10. The smallest absolute Gasteiger partial charge is 0.308 e. The summed E-state index contributed by atoms with van der Waals surface area (Å²) < 4.78 is 0. The molecule has 4 nitrogen and oxygen atoms in total. The van der Waals surface area contributed by atoms with Gasteiger partial charge in [-0.3, -0.25) is 9.78 Å². The molecule has 104 valence electrons. The second kappa shape index (κ2) is 4.78. The number of aryl methyl sites for hydroxylation is 1. The van der Waals surface area contributed by atoms with E-state index in [0.29, 0.717) is 6.54 Å². The van der Waals surface area contributed by atoms with Crippen LogP contribution in [0.3, 0.4) is 0 Å². The molecule has 4 heteroatoms. The zero-order chi connectivity index (χ0) is 14.3. The third-order valence-corrected chi connectivity index (χ3v) is 4.09. The third-order valence-electron chi connectivity index (χ3n) is 4.09. The van der Waals surface area contributed by atoms with Crippen molar-refractivity contribution in [2.45, 2.75) is 13.8 Å². The molecule has 1 aromatic carbocycles. The first-order valence-electron chi connectivity index (χ1n) is 6.90. The fourth-order valence-corrected chi connectivity index (χ4v) is 3.03. The number of carboxylic acids is 1. The van der Waals surface area contributed by atoms with Crippen LogP contribution in [-0.2, 0) is 4.79 Å². The highest BCUT2D eigenvalue weighted by atomic mass is 16.4. The Morgan fingerprint density at radius 3 is 2.80 bits per heavy atom. The molecule has 1 saturated heterocycles. The van der Waals surface area contributed by atoms with Crippen molar-refractivity contribution in [2.75, 3.05) is 18.0 Å². The summed E-state index contributed by atoms with van der Waals surface area (Å²) in [7, 11) is 0. The number of aromatic nitrogens is 1. The Morgan fingerprint density at radius 1 is 1.35 bits per heavy atom. The molecule has 2 atom stereocenters. The summed E-state index contributed by atoms with van der Waals surface area (Å²) in [5.74, 6) is -0.822. The lowest BCUT2D eigenvalue weighted by Crippen LogP contribution is -2.23. The molecule has 1 N–H and O–H groups in total. The van der Waals surface area contributed by atoms with E-state index < -0.39 is 5.97 Å². The van der Waals surface area contributed by atoms with Gasteiger partial charge >= 0.3 is 5.97 Å². The van der Waals surface area contributed by atoms with Gasteiger partial charge in [-0.1, -0.05) is 25.1 Å².